The Hall–Kier alpha value is -0.220. The van der Waals surface area contributed by atoms with Gasteiger partial charge in [-0.3, -0.25) is 4.90 Å². The summed E-state index contributed by atoms with van der Waals surface area (Å²) in [6, 6.07) is 1.37. The molecule has 16 heavy (non-hydrogen) atoms. The quantitative estimate of drug-likeness (QED) is 0.782. The molecule has 2 saturated heterocycles. The van der Waals surface area contributed by atoms with Crippen LogP contribution < -0.4 is 5.32 Å². The molecular weight excluding hydrogens is 210 g/mol. The van der Waals surface area contributed by atoms with Gasteiger partial charge in [0.1, 0.15) is 0 Å². The van der Waals surface area contributed by atoms with Gasteiger partial charge in [0.05, 0.1) is 6.54 Å². The van der Waals surface area contributed by atoms with E-state index >= 15 is 0 Å². The fraction of sp³-hybridized carbons (Fsp3) is 1.00. The van der Waals surface area contributed by atoms with Crippen molar-refractivity contribution < 1.29 is 8.78 Å². The van der Waals surface area contributed by atoms with Crippen LogP contribution in [0.1, 0.15) is 39.0 Å². The van der Waals surface area contributed by atoms with Gasteiger partial charge in [0.25, 0.3) is 6.43 Å². The second-order valence-electron chi connectivity index (χ2n) is 5.10. The highest BCUT2D eigenvalue weighted by atomic mass is 19.3. The lowest BCUT2D eigenvalue weighted by Gasteiger charge is -2.39. The number of fused-ring (bicyclic) bond motifs is 2. The Labute approximate surface area is 96.4 Å². The van der Waals surface area contributed by atoms with Crippen LogP contribution in [0.25, 0.3) is 0 Å². The first-order chi connectivity index (χ1) is 7.70. The Kier molecular flexibility index (Phi) is 4.14. The van der Waals surface area contributed by atoms with E-state index in [1.807, 2.05) is 0 Å². The fourth-order valence-corrected chi connectivity index (χ4v) is 3.25. The van der Waals surface area contributed by atoms with E-state index in [1.165, 1.54) is 0 Å². The van der Waals surface area contributed by atoms with E-state index < -0.39 is 6.43 Å². The third kappa shape index (κ3) is 2.72. The third-order valence-electron chi connectivity index (χ3n) is 3.92. The van der Waals surface area contributed by atoms with Crippen molar-refractivity contribution >= 4 is 0 Å². The number of halogens is 2. The first-order valence-electron chi connectivity index (χ1n) is 6.48. The van der Waals surface area contributed by atoms with Crippen LogP contribution in [0.2, 0.25) is 0 Å². The number of nitrogens with one attached hydrogen (secondary N) is 1. The lowest BCUT2D eigenvalue weighted by atomic mass is 9.97. The molecule has 2 atom stereocenters. The van der Waals surface area contributed by atoms with Crippen LogP contribution in [0.4, 0.5) is 8.78 Å². The Morgan fingerprint density at radius 2 is 1.88 bits per heavy atom. The predicted molar refractivity (Wildman–Crippen MR) is 60.8 cm³/mol. The zero-order chi connectivity index (χ0) is 11.5. The molecule has 0 spiro atoms. The molecule has 4 heteroatoms. The molecule has 0 saturated carbocycles. The van der Waals surface area contributed by atoms with E-state index in [-0.39, 0.29) is 6.54 Å². The van der Waals surface area contributed by atoms with Gasteiger partial charge < -0.3 is 5.32 Å². The summed E-state index contributed by atoms with van der Waals surface area (Å²) in [4.78, 5) is 2.05. The third-order valence-corrected chi connectivity index (χ3v) is 3.92. The van der Waals surface area contributed by atoms with Gasteiger partial charge in [0.15, 0.2) is 0 Å². The van der Waals surface area contributed by atoms with Gasteiger partial charge in [-0.1, -0.05) is 6.92 Å². The van der Waals surface area contributed by atoms with Gasteiger partial charge >= 0.3 is 0 Å². The highest BCUT2D eigenvalue weighted by Crippen LogP contribution is 2.35. The van der Waals surface area contributed by atoms with Crippen LogP contribution in [0, 0.1) is 0 Å². The maximum absolute atomic E-state index is 12.4. The van der Waals surface area contributed by atoms with Crippen molar-refractivity contribution in [2.24, 2.45) is 0 Å². The minimum atomic E-state index is -2.18. The van der Waals surface area contributed by atoms with Crippen molar-refractivity contribution in [1.29, 1.82) is 0 Å². The molecule has 2 aliphatic rings. The summed E-state index contributed by atoms with van der Waals surface area (Å²) >= 11 is 0. The predicted octanol–water partition coefficient (Wildman–Crippen LogP) is 2.25. The molecule has 2 heterocycles. The molecule has 0 aromatic heterocycles. The second kappa shape index (κ2) is 5.41. The van der Waals surface area contributed by atoms with Gasteiger partial charge in [-0.15, -0.1) is 0 Å². The topological polar surface area (TPSA) is 15.3 Å². The molecule has 2 rings (SSSR count). The van der Waals surface area contributed by atoms with Crippen molar-refractivity contribution in [2.45, 2.75) is 63.6 Å². The summed E-state index contributed by atoms with van der Waals surface area (Å²) < 4.78 is 24.9. The summed E-state index contributed by atoms with van der Waals surface area (Å²) in [7, 11) is 0. The number of hydrogen-bond donors (Lipinski definition) is 1. The van der Waals surface area contributed by atoms with Crippen LogP contribution in [-0.4, -0.2) is 42.5 Å². The van der Waals surface area contributed by atoms with Crippen LogP contribution in [-0.2, 0) is 0 Å². The highest BCUT2D eigenvalue weighted by Gasteiger charge is 2.41. The SMILES string of the molecule is CCCNC1CC2CCC(C1)N2CC(F)F. The molecule has 2 aliphatic heterocycles. The van der Waals surface area contributed by atoms with E-state index in [0.717, 1.165) is 38.6 Å². The van der Waals surface area contributed by atoms with Crippen LogP contribution in [0.5, 0.6) is 0 Å². The first-order valence-corrected chi connectivity index (χ1v) is 6.48. The second-order valence-corrected chi connectivity index (χ2v) is 5.10. The Morgan fingerprint density at radius 3 is 2.38 bits per heavy atom. The van der Waals surface area contributed by atoms with E-state index in [9.17, 15) is 8.78 Å². The molecule has 2 bridgehead atoms. The lowest BCUT2D eigenvalue weighted by molar-refractivity contribution is 0.0363. The molecule has 1 N–H and O–H groups in total. The molecule has 2 nitrogen and oxygen atoms in total. The number of hydrogen-bond acceptors (Lipinski definition) is 2. The van der Waals surface area contributed by atoms with E-state index in [1.54, 1.807) is 0 Å². The average Bonchev–Trinajstić information content (AvgIpc) is 2.50. The van der Waals surface area contributed by atoms with Gasteiger partial charge in [-0.25, -0.2) is 8.78 Å². The summed E-state index contributed by atoms with van der Waals surface area (Å²) in [5.41, 5.74) is 0. The fourth-order valence-electron chi connectivity index (χ4n) is 3.25. The Balaban J connectivity index is 1.85. The summed E-state index contributed by atoms with van der Waals surface area (Å²) in [6.45, 7) is 3.20. The van der Waals surface area contributed by atoms with E-state index in [4.69, 9.17) is 0 Å². The summed E-state index contributed by atoms with van der Waals surface area (Å²) in [5.74, 6) is 0. The average molecular weight is 232 g/mol. The molecule has 0 aromatic rings. The highest BCUT2D eigenvalue weighted by molar-refractivity contribution is 4.97. The Bertz CT molecular complexity index is 209. The molecule has 0 aliphatic carbocycles. The van der Waals surface area contributed by atoms with Crippen molar-refractivity contribution in [3.05, 3.63) is 0 Å². The smallest absolute Gasteiger partial charge is 0.251 e. The normalized spacial score (nSPS) is 34.9. The molecule has 0 amide bonds. The number of piperidine rings is 1. The molecular formula is C12H22F2N2. The largest absolute Gasteiger partial charge is 0.314 e. The molecule has 0 aromatic carbocycles. The zero-order valence-corrected chi connectivity index (χ0v) is 9.96. The minimum absolute atomic E-state index is 0.0180. The van der Waals surface area contributed by atoms with Crippen LogP contribution >= 0.6 is 0 Å². The maximum atomic E-state index is 12.4. The molecule has 2 fully saturated rings. The molecule has 0 radical (unpaired) electrons. The number of alkyl halides is 2. The Morgan fingerprint density at radius 1 is 1.25 bits per heavy atom. The van der Waals surface area contributed by atoms with Gasteiger partial charge in [0.2, 0.25) is 0 Å². The van der Waals surface area contributed by atoms with Gasteiger partial charge in [-0.05, 0) is 38.6 Å². The lowest BCUT2D eigenvalue weighted by Crippen LogP contribution is -2.50. The van der Waals surface area contributed by atoms with Crippen molar-refractivity contribution in [3.8, 4) is 0 Å². The van der Waals surface area contributed by atoms with E-state index in [2.05, 4.69) is 17.1 Å². The van der Waals surface area contributed by atoms with Crippen molar-refractivity contribution in [2.75, 3.05) is 13.1 Å². The monoisotopic (exact) mass is 232 g/mol. The van der Waals surface area contributed by atoms with E-state index in [0.29, 0.717) is 18.1 Å². The van der Waals surface area contributed by atoms with Crippen molar-refractivity contribution in [3.63, 3.8) is 0 Å². The van der Waals surface area contributed by atoms with Gasteiger partial charge in [0, 0.05) is 18.1 Å². The number of rotatable bonds is 5. The standard InChI is InChI=1S/C12H22F2N2/c1-2-5-15-9-6-10-3-4-11(7-9)16(10)8-12(13)14/h9-12,15H,2-8H2,1H3. The van der Waals surface area contributed by atoms with Crippen molar-refractivity contribution in [1.82, 2.24) is 10.2 Å². The minimum Gasteiger partial charge on any atom is -0.314 e. The van der Waals surface area contributed by atoms with Crippen LogP contribution in [0.15, 0.2) is 0 Å². The number of nitrogens with zero attached hydrogens (tertiary/aromatic N) is 1. The van der Waals surface area contributed by atoms with Gasteiger partial charge in [-0.2, -0.15) is 0 Å². The summed E-state index contributed by atoms with van der Waals surface area (Å²) in [5, 5.41) is 3.53. The molecule has 2 unspecified atom stereocenters. The maximum Gasteiger partial charge on any atom is 0.251 e. The molecule has 94 valence electrons. The first kappa shape index (κ1) is 12.2. The van der Waals surface area contributed by atoms with Crippen LogP contribution in [0.3, 0.4) is 0 Å². The zero-order valence-electron chi connectivity index (χ0n) is 9.96. The summed E-state index contributed by atoms with van der Waals surface area (Å²) in [6.07, 6.45) is 3.31.